The van der Waals surface area contributed by atoms with Crippen LogP contribution < -0.4 is 25.3 Å². The average Bonchev–Trinajstić information content (AvgIpc) is 2.64. The number of nitrogens with zero attached hydrogens (tertiary/aromatic N) is 1. The molecule has 3 N–H and O–H groups in total. The van der Waals surface area contributed by atoms with Crippen molar-refractivity contribution in [1.29, 1.82) is 0 Å². The van der Waals surface area contributed by atoms with Crippen LogP contribution in [0.1, 0.15) is 26.3 Å². The van der Waals surface area contributed by atoms with Crippen molar-refractivity contribution in [3.05, 3.63) is 48.0 Å². The largest absolute Gasteiger partial charge is 0.493 e. The van der Waals surface area contributed by atoms with E-state index in [0.29, 0.717) is 30.6 Å². The molecule has 0 spiro atoms. The molecule has 0 saturated heterocycles. The zero-order valence-electron chi connectivity index (χ0n) is 17.1. The highest BCUT2D eigenvalue weighted by Crippen LogP contribution is 2.29. The van der Waals surface area contributed by atoms with E-state index in [4.69, 9.17) is 19.9 Å². The maximum absolute atomic E-state index is 5.93. The summed E-state index contributed by atoms with van der Waals surface area (Å²) < 4.78 is 16.2. The maximum atomic E-state index is 5.93. The van der Waals surface area contributed by atoms with E-state index in [1.54, 1.807) is 26.4 Å². The topological polar surface area (TPSA) is 78.1 Å². The fourth-order valence-electron chi connectivity index (χ4n) is 2.48. The Labute approximate surface area is 184 Å². The van der Waals surface area contributed by atoms with Gasteiger partial charge < -0.3 is 25.3 Å². The number of nitrogens with one attached hydrogen (secondary N) is 1. The fraction of sp³-hybridized carbons (Fsp3) is 0.381. The first-order valence-corrected chi connectivity index (χ1v) is 8.86. The highest BCUT2D eigenvalue weighted by Gasteiger charge is 2.12. The molecule has 2 aromatic carbocycles. The van der Waals surface area contributed by atoms with E-state index in [1.165, 1.54) is 5.56 Å². The molecular weight excluding hydrogens is 469 g/mol. The number of hydrogen-bond donors (Lipinski definition) is 2. The summed E-state index contributed by atoms with van der Waals surface area (Å²) in [6.07, 6.45) is 0. The van der Waals surface area contributed by atoms with Gasteiger partial charge in [-0.05, 0) is 35.2 Å². The van der Waals surface area contributed by atoms with Crippen molar-refractivity contribution in [2.45, 2.75) is 26.2 Å². The predicted molar refractivity (Wildman–Crippen MR) is 126 cm³/mol. The first kappa shape index (κ1) is 23.9. The molecule has 28 heavy (non-hydrogen) atoms. The Morgan fingerprint density at radius 1 is 1.00 bits per heavy atom. The minimum Gasteiger partial charge on any atom is -0.493 e. The number of hydrogen-bond acceptors (Lipinski definition) is 4. The molecule has 0 fully saturated rings. The van der Waals surface area contributed by atoms with Gasteiger partial charge in [0.1, 0.15) is 12.4 Å². The molecule has 2 aromatic rings. The van der Waals surface area contributed by atoms with Crippen molar-refractivity contribution >= 4 is 35.6 Å². The molecule has 154 valence electrons. The van der Waals surface area contributed by atoms with Gasteiger partial charge in [-0.3, -0.25) is 0 Å². The highest BCUT2D eigenvalue weighted by atomic mass is 127. The van der Waals surface area contributed by atoms with Gasteiger partial charge in [0.25, 0.3) is 0 Å². The Balaban J connectivity index is 0.00000392. The molecule has 0 heterocycles. The summed E-state index contributed by atoms with van der Waals surface area (Å²) in [7, 11) is 3.18. The van der Waals surface area contributed by atoms with E-state index in [-0.39, 0.29) is 29.4 Å². The average molecular weight is 499 g/mol. The van der Waals surface area contributed by atoms with Gasteiger partial charge in [-0.2, -0.15) is 0 Å². The second-order valence-electron chi connectivity index (χ2n) is 7.08. The molecule has 0 amide bonds. The third-order valence-electron chi connectivity index (χ3n) is 4.02. The molecule has 6 nitrogen and oxygen atoms in total. The molecule has 0 aliphatic carbocycles. The van der Waals surface area contributed by atoms with Crippen LogP contribution in [0.5, 0.6) is 17.2 Å². The lowest BCUT2D eigenvalue weighted by Gasteiger charge is -2.19. The minimum absolute atomic E-state index is 0. The normalized spacial score (nSPS) is 11.4. The molecule has 0 aliphatic heterocycles. The lowest BCUT2D eigenvalue weighted by atomic mass is 9.87. The van der Waals surface area contributed by atoms with Crippen LogP contribution in [-0.4, -0.2) is 33.3 Å². The van der Waals surface area contributed by atoms with Crippen LogP contribution in [0.2, 0.25) is 0 Å². The molecule has 7 heteroatoms. The number of anilines is 1. The summed E-state index contributed by atoms with van der Waals surface area (Å²) in [5.74, 6) is 2.42. The van der Waals surface area contributed by atoms with Gasteiger partial charge in [-0.1, -0.05) is 32.9 Å². The molecular formula is C21H30IN3O3. The van der Waals surface area contributed by atoms with E-state index in [2.05, 4.69) is 43.2 Å². The van der Waals surface area contributed by atoms with Crippen LogP contribution in [0.3, 0.4) is 0 Å². The second kappa shape index (κ2) is 11.0. The van der Waals surface area contributed by atoms with Crippen molar-refractivity contribution in [3.8, 4) is 17.2 Å². The van der Waals surface area contributed by atoms with Gasteiger partial charge in [-0.25, -0.2) is 4.99 Å². The summed E-state index contributed by atoms with van der Waals surface area (Å²) in [6, 6.07) is 13.6. The molecule has 0 unspecified atom stereocenters. The third-order valence-corrected chi connectivity index (χ3v) is 4.02. The van der Waals surface area contributed by atoms with E-state index < -0.39 is 0 Å². The second-order valence-corrected chi connectivity index (χ2v) is 7.08. The number of halogens is 1. The van der Waals surface area contributed by atoms with Crippen molar-refractivity contribution in [1.82, 2.24) is 0 Å². The van der Waals surface area contributed by atoms with Crippen molar-refractivity contribution in [3.63, 3.8) is 0 Å². The minimum atomic E-state index is 0. The Morgan fingerprint density at radius 2 is 1.64 bits per heavy atom. The number of ether oxygens (including phenoxy) is 3. The van der Waals surface area contributed by atoms with E-state index in [0.717, 1.165) is 11.4 Å². The van der Waals surface area contributed by atoms with Crippen LogP contribution in [0, 0.1) is 0 Å². The number of benzene rings is 2. The molecule has 0 aromatic heterocycles. The summed E-state index contributed by atoms with van der Waals surface area (Å²) in [6.45, 7) is 7.46. The molecule has 2 rings (SSSR count). The number of rotatable bonds is 7. The Morgan fingerprint density at radius 3 is 2.21 bits per heavy atom. The lowest BCUT2D eigenvalue weighted by molar-refractivity contribution is 0.328. The van der Waals surface area contributed by atoms with Crippen molar-refractivity contribution in [2.75, 3.05) is 32.7 Å². The van der Waals surface area contributed by atoms with Gasteiger partial charge >= 0.3 is 0 Å². The third kappa shape index (κ3) is 7.10. The van der Waals surface area contributed by atoms with Gasteiger partial charge in [0.05, 0.1) is 20.8 Å². The van der Waals surface area contributed by atoms with Crippen LogP contribution in [0.15, 0.2) is 47.5 Å². The zero-order valence-corrected chi connectivity index (χ0v) is 19.4. The zero-order chi connectivity index (χ0) is 19.9. The SMILES string of the molecule is COc1ccc(NC(N)=NCCOc2ccc(C(C)(C)C)cc2)cc1OC.I. The predicted octanol–water partition coefficient (Wildman–Crippen LogP) is 4.42. The Bertz CT molecular complexity index is 771. The van der Waals surface area contributed by atoms with E-state index in [9.17, 15) is 0 Å². The maximum Gasteiger partial charge on any atom is 0.193 e. The molecule has 0 saturated carbocycles. The van der Waals surface area contributed by atoms with E-state index in [1.807, 2.05) is 18.2 Å². The summed E-state index contributed by atoms with van der Waals surface area (Å²) >= 11 is 0. The van der Waals surface area contributed by atoms with Gasteiger partial charge in [0.15, 0.2) is 17.5 Å². The molecule has 0 bridgehead atoms. The van der Waals surface area contributed by atoms with E-state index >= 15 is 0 Å². The van der Waals surface area contributed by atoms with Gasteiger partial charge in [0.2, 0.25) is 0 Å². The smallest absolute Gasteiger partial charge is 0.193 e. The Hall–Kier alpha value is -2.16. The fourth-order valence-corrected chi connectivity index (χ4v) is 2.48. The molecule has 0 atom stereocenters. The number of guanidine groups is 1. The lowest BCUT2D eigenvalue weighted by Crippen LogP contribution is -2.23. The van der Waals surface area contributed by atoms with Crippen LogP contribution in [0.4, 0.5) is 5.69 Å². The number of methoxy groups -OCH3 is 2. The van der Waals surface area contributed by atoms with Crippen molar-refractivity contribution < 1.29 is 14.2 Å². The first-order valence-electron chi connectivity index (χ1n) is 8.86. The number of nitrogens with two attached hydrogens (primary N) is 1. The monoisotopic (exact) mass is 499 g/mol. The summed E-state index contributed by atoms with van der Waals surface area (Å²) in [4.78, 5) is 4.28. The quantitative estimate of drug-likeness (QED) is 0.255. The number of aliphatic imine (C=N–C) groups is 1. The van der Waals surface area contributed by atoms with Gasteiger partial charge in [0, 0.05) is 11.8 Å². The standard InChI is InChI=1S/C21H29N3O3.HI/c1-21(2,3)15-6-9-17(10-7-15)27-13-12-23-20(22)24-16-8-11-18(25-4)19(14-16)26-5;/h6-11,14H,12-13H2,1-5H3,(H3,22,23,24);1H. The summed E-state index contributed by atoms with van der Waals surface area (Å²) in [5.41, 5.74) is 8.10. The summed E-state index contributed by atoms with van der Waals surface area (Å²) in [5, 5.41) is 3.03. The highest BCUT2D eigenvalue weighted by molar-refractivity contribution is 14.0. The Kier molecular flexibility index (Phi) is 9.37. The molecule has 0 aliphatic rings. The first-order chi connectivity index (χ1) is 12.8. The van der Waals surface area contributed by atoms with Crippen LogP contribution in [0.25, 0.3) is 0 Å². The van der Waals surface area contributed by atoms with Crippen molar-refractivity contribution in [2.24, 2.45) is 10.7 Å². The van der Waals surface area contributed by atoms with Crippen LogP contribution >= 0.6 is 24.0 Å². The van der Waals surface area contributed by atoms with Crippen LogP contribution in [-0.2, 0) is 5.41 Å². The molecule has 0 radical (unpaired) electrons. The van der Waals surface area contributed by atoms with Gasteiger partial charge in [-0.15, -0.1) is 24.0 Å².